The summed E-state index contributed by atoms with van der Waals surface area (Å²) in [6.45, 7) is 13.2. The number of amides is 1. The highest BCUT2D eigenvalue weighted by Gasteiger charge is 2.27. The molecule has 0 aliphatic carbocycles. The Hall–Kier alpha value is -2.22. The Morgan fingerprint density at radius 3 is 2.54 bits per heavy atom. The third-order valence-corrected chi connectivity index (χ3v) is 5.02. The molecule has 3 heterocycles. The van der Waals surface area contributed by atoms with Crippen molar-refractivity contribution < 1.29 is 14.3 Å². The van der Waals surface area contributed by atoms with Gasteiger partial charge in [0.05, 0.1) is 5.56 Å². The Balaban J connectivity index is 1.45. The van der Waals surface area contributed by atoms with E-state index in [1.54, 1.807) is 11.1 Å². The molecule has 2 aliphatic heterocycles. The summed E-state index contributed by atoms with van der Waals surface area (Å²) in [6.07, 6.45) is 2.94. The molecule has 0 radical (unpaired) electrons. The van der Waals surface area contributed by atoms with Crippen molar-refractivity contribution >= 4 is 17.7 Å². The number of Topliss-reactive ketones (excluding diaryl/α,β-unsaturated/α-hetero) is 1. The van der Waals surface area contributed by atoms with Crippen LogP contribution in [0.4, 0.5) is 10.6 Å². The molecule has 0 saturated carbocycles. The molecule has 0 aromatic carbocycles. The summed E-state index contributed by atoms with van der Waals surface area (Å²) < 4.78 is 5.45. The average Bonchev–Trinajstić information content (AvgIpc) is 2.62. The van der Waals surface area contributed by atoms with E-state index in [-0.39, 0.29) is 11.9 Å². The second-order valence-corrected chi connectivity index (χ2v) is 8.48. The van der Waals surface area contributed by atoms with Gasteiger partial charge in [0, 0.05) is 51.9 Å². The zero-order chi connectivity index (χ0) is 20.3. The molecule has 0 unspecified atom stereocenters. The maximum atomic E-state index is 12.2. The number of nitrogens with zero attached hydrogens (tertiary/aromatic N) is 5. The normalized spacial score (nSPS) is 18.2. The molecular formula is C20H31N5O3. The quantitative estimate of drug-likeness (QED) is 0.780. The van der Waals surface area contributed by atoms with Crippen LogP contribution in [0, 0.1) is 6.92 Å². The minimum atomic E-state index is -0.456. The number of rotatable bonds is 4. The van der Waals surface area contributed by atoms with Gasteiger partial charge in [-0.25, -0.2) is 14.8 Å². The van der Waals surface area contributed by atoms with Crippen molar-refractivity contribution in [2.75, 3.05) is 50.7 Å². The van der Waals surface area contributed by atoms with Gasteiger partial charge in [0.25, 0.3) is 0 Å². The van der Waals surface area contributed by atoms with Crippen LogP contribution < -0.4 is 4.90 Å². The number of carbonyl (C=O) groups is 2. The van der Waals surface area contributed by atoms with Crippen LogP contribution in [0.3, 0.4) is 0 Å². The van der Waals surface area contributed by atoms with Crippen molar-refractivity contribution in [2.45, 2.75) is 46.1 Å². The first-order valence-electron chi connectivity index (χ1n) is 10.0. The lowest BCUT2D eigenvalue weighted by molar-refractivity contribution is 0.0145. The van der Waals surface area contributed by atoms with Crippen molar-refractivity contribution in [1.82, 2.24) is 19.8 Å². The Kier molecular flexibility index (Phi) is 6.17. The smallest absolute Gasteiger partial charge is 0.410 e. The van der Waals surface area contributed by atoms with Crippen LogP contribution in [-0.4, -0.2) is 83.1 Å². The SMILES string of the molecule is Cc1ncc2c(n1)N(CCCN1CCN(C(=O)OC(C)(C)C)CC1)CCC2=O. The van der Waals surface area contributed by atoms with Gasteiger partial charge in [-0.15, -0.1) is 0 Å². The minimum Gasteiger partial charge on any atom is -0.444 e. The van der Waals surface area contributed by atoms with Crippen LogP contribution in [0.15, 0.2) is 6.20 Å². The number of hydrogen-bond acceptors (Lipinski definition) is 7. The number of fused-ring (bicyclic) bond motifs is 1. The van der Waals surface area contributed by atoms with Crippen molar-refractivity contribution in [3.63, 3.8) is 0 Å². The summed E-state index contributed by atoms with van der Waals surface area (Å²) >= 11 is 0. The zero-order valence-corrected chi connectivity index (χ0v) is 17.4. The highest BCUT2D eigenvalue weighted by molar-refractivity contribution is 6.02. The first-order valence-corrected chi connectivity index (χ1v) is 10.0. The minimum absolute atomic E-state index is 0.129. The van der Waals surface area contributed by atoms with Crippen LogP contribution >= 0.6 is 0 Å². The van der Waals surface area contributed by atoms with Gasteiger partial charge in [0.1, 0.15) is 17.2 Å². The first-order chi connectivity index (χ1) is 13.2. The second kappa shape index (κ2) is 8.43. The fraction of sp³-hybridized carbons (Fsp3) is 0.700. The van der Waals surface area contributed by atoms with Gasteiger partial charge in [-0.1, -0.05) is 0 Å². The second-order valence-electron chi connectivity index (χ2n) is 8.48. The van der Waals surface area contributed by atoms with Crippen LogP contribution in [0.2, 0.25) is 0 Å². The number of hydrogen-bond donors (Lipinski definition) is 0. The topological polar surface area (TPSA) is 78.9 Å². The van der Waals surface area contributed by atoms with Crippen molar-refractivity contribution in [2.24, 2.45) is 0 Å². The molecule has 1 aromatic rings. The number of ketones is 1. The monoisotopic (exact) mass is 389 g/mol. The molecule has 1 saturated heterocycles. The van der Waals surface area contributed by atoms with Crippen molar-refractivity contribution in [3.05, 3.63) is 17.6 Å². The summed E-state index contributed by atoms with van der Waals surface area (Å²) in [5.74, 6) is 1.60. The highest BCUT2D eigenvalue weighted by Crippen LogP contribution is 2.24. The fourth-order valence-corrected chi connectivity index (χ4v) is 3.56. The van der Waals surface area contributed by atoms with Gasteiger partial charge in [0.2, 0.25) is 0 Å². The molecule has 0 N–H and O–H groups in total. The molecule has 0 atom stereocenters. The van der Waals surface area contributed by atoms with Gasteiger partial charge >= 0.3 is 6.09 Å². The zero-order valence-electron chi connectivity index (χ0n) is 17.4. The van der Waals surface area contributed by atoms with E-state index >= 15 is 0 Å². The molecule has 3 rings (SSSR count). The molecular weight excluding hydrogens is 358 g/mol. The predicted molar refractivity (Wildman–Crippen MR) is 107 cm³/mol. The Bertz CT molecular complexity index is 723. The van der Waals surface area contributed by atoms with E-state index in [1.165, 1.54) is 0 Å². The van der Waals surface area contributed by atoms with E-state index in [2.05, 4.69) is 19.8 Å². The van der Waals surface area contributed by atoms with E-state index in [4.69, 9.17) is 4.74 Å². The van der Waals surface area contributed by atoms with E-state index in [9.17, 15) is 9.59 Å². The van der Waals surface area contributed by atoms with Crippen LogP contribution in [-0.2, 0) is 4.74 Å². The summed E-state index contributed by atoms with van der Waals surface area (Å²) in [7, 11) is 0. The standard InChI is InChI=1S/C20H31N5O3/c1-15-21-14-16-17(26)6-9-24(18(16)22-15)8-5-7-23-10-12-25(13-11-23)19(27)28-20(2,3)4/h14H,5-13H2,1-4H3. The molecule has 28 heavy (non-hydrogen) atoms. The number of carbonyl (C=O) groups excluding carboxylic acids is 2. The molecule has 0 spiro atoms. The number of aryl methyl sites for hydroxylation is 1. The Morgan fingerprint density at radius 2 is 1.86 bits per heavy atom. The molecule has 8 heteroatoms. The van der Waals surface area contributed by atoms with Gasteiger partial charge in [0.15, 0.2) is 5.78 Å². The van der Waals surface area contributed by atoms with Gasteiger partial charge in [-0.05, 0) is 40.7 Å². The largest absolute Gasteiger partial charge is 0.444 e. The number of ether oxygens (including phenoxy) is 1. The van der Waals surface area contributed by atoms with Gasteiger partial charge in [-0.2, -0.15) is 0 Å². The molecule has 8 nitrogen and oxygen atoms in total. The van der Waals surface area contributed by atoms with Crippen molar-refractivity contribution in [3.8, 4) is 0 Å². The summed E-state index contributed by atoms with van der Waals surface area (Å²) in [5, 5.41) is 0. The molecule has 2 aliphatic rings. The lowest BCUT2D eigenvalue weighted by atomic mass is 10.1. The molecule has 154 valence electrons. The average molecular weight is 390 g/mol. The molecule has 0 bridgehead atoms. The third kappa shape index (κ3) is 5.19. The summed E-state index contributed by atoms with van der Waals surface area (Å²) in [5.41, 5.74) is 0.185. The Morgan fingerprint density at radius 1 is 1.14 bits per heavy atom. The number of aromatic nitrogens is 2. The molecule has 1 aromatic heterocycles. The van der Waals surface area contributed by atoms with Crippen LogP contribution in [0.1, 0.15) is 49.8 Å². The first kappa shape index (κ1) is 20.5. The molecule has 1 fully saturated rings. The van der Waals surface area contributed by atoms with Gasteiger partial charge in [-0.3, -0.25) is 9.69 Å². The summed E-state index contributed by atoms with van der Waals surface area (Å²) in [6, 6.07) is 0. The fourth-order valence-electron chi connectivity index (χ4n) is 3.56. The van der Waals surface area contributed by atoms with E-state index in [0.717, 1.165) is 38.4 Å². The lowest BCUT2D eigenvalue weighted by Gasteiger charge is -2.36. The summed E-state index contributed by atoms with van der Waals surface area (Å²) in [4.78, 5) is 39.2. The Labute approximate surface area is 166 Å². The van der Waals surface area contributed by atoms with Crippen LogP contribution in [0.5, 0.6) is 0 Å². The van der Waals surface area contributed by atoms with Gasteiger partial charge < -0.3 is 14.5 Å². The third-order valence-electron chi connectivity index (χ3n) is 5.02. The maximum Gasteiger partial charge on any atom is 0.410 e. The maximum absolute atomic E-state index is 12.2. The predicted octanol–water partition coefficient (Wildman–Crippen LogP) is 2.12. The number of piperazine rings is 1. The van der Waals surface area contributed by atoms with E-state index in [0.29, 0.717) is 37.4 Å². The highest BCUT2D eigenvalue weighted by atomic mass is 16.6. The van der Waals surface area contributed by atoms with Crippen molar-refractivity contribution in [1.29, 1.82) is 0 Å². The van der Waals surface area contributed by atoms with Crippen LogP contribution in [0.25, 0.3) is 0 Å². The number of anilines is 1. The molecule has 1 amide bonds. The van der Waals surface area contributed by atoms with E-state index < -0.39 is 5.60 Å². The van der Waals surface area contributed by atoms with E-state index in [1.807, 2.05) is 27.7 Å². The lowest BCUT2D eigenvalue weighted by Crippen LogP contribution is -2.50.